The number of aromatic nitrogens is 4. The van der Waals surface area contributed by atoms with Gasteiger partial charge in [-0.3, -0.25) is 0 Å². The van der Waals surface area contributed by atoms with Gasteiger partial charge in [0.1, 0.15) is 0 Å². The van der Waals surface area contributed by atoms with Crippen LogP contribution in [-0.4, -0.2) is 20.3 Å². The zero-order chi connectivity index (χ0) is 12.4. The van der Waals surface area contributed by atoms with Crippen molar-refractivity contribution in [3.63, 3.8) is 0 Å². The highest BCUT2D eigenvalue weighted by Crippen LogP contribution is 2.33. The monoisotopic (exact) mass is 245 g/mol. The molecular weight excluding hydrogens is 230 g/mol. The Morgan fingerprint density at radius 1 is 1.17 bits per heavy atom. The smallest absolute Gasteiger partial charge is 0.259 e. The molecule has 0 bridgehead atoms. The summed E-state index contributed by atoms with van der Waals surface area (Å²) in [5.74, 6) is 1.06. The first kappa shape index (κ1) is 11.3. The van der Waals surface area contributed by atoms with E-state index >= 15 is 0 Å². The van der Waals surface area contributed by atoms with Gasteiger partial charge in [-0.05, 0) is 18.9 Å². The van der Waals surface area contributed by atoms with Gasteiger partial charge < -0.3 is 10.3 Å². The molecule has 0 radical (unpaired) electrons. The standard InChI is InChI=1S/C12H15N5O/c13-12(5-2-1-3-6-12)11-16-10(18-17-11)9-4-7-14-15-8-9/h4,7-8H,1-3,5-6,13H2. The molecule has 0 saturated heterocycles. The number of rotatable bonds is 2. The van der Waals surface area contributed by atoms with Gasteiger partial charge in [0.05, 0.1) is 23.5 Å². The predicted molar refractivity (Wildman–Crippen MR) is 64.3 cm³/mol. The highest BCUT2D eigenvalue weighted by Gasteiger charge is 2.34. The molecule has 6 heteroatoms. The lowest BCUT2D eigenvalue weighted by Crippen LogP contribution is -2.39. The number of nitrogens with zero attached hydrogens (tertiary/aromatic N) is 4. The third kappa shape index (κ3) is 1.99. The first-order valence-electron chi connectivity index (χ1n) is 6.18. The van der Waals surface area contributed by atoms with E-state index in [-0.39, 0.29) is 0 Å². The minimum absolute atomic E-state index is 0.430. The van der Waals surface area contributed by atoms with E-state index in [1.54, 1.807) is 18.5 Å². The van der Waals surface area contributed by atoms with E-state index in [1.807, 2.05) is 0 Å². The third-order valence-corrected chi connectivity index (χ3v) is 3.45. The molecular formula is C12H15N5O. The van der Waals surface area contributed by atoms with Gasteiger partial charge in [0, 0.05) is 0 Å². The molecule has 1 fully saturated rings. The summed E-state index contributed by atoms with van der Waals surface area (Å²) in [6.45, 7) is 0. The molecule has 0 amide bonds. The fraction of sp³-hybridized carbons (Fsp3) is 0.500. The van der Waals surface area contributed by atoms with Crippen molar-refractivity contribution in [1.82, 2.24) is 20.3 Å². The summed E-state index contributed by atoms with van der Waals surface area (Å²) < 4.78 is 5.26. The van der Waals surface area contributed by atoms with Crippen LogP contribution in [-0.2, 0) is 5.54 Å². The SMILES string of the molecule is NC1(c2noc(-c3ccnnc3)n2)CCCCC1. The van der Waals surface area contributed by atoms with Crippen LogP contribution in [0.5, 0.6) is 0 Å². The molecule has 0 unspecified atom stereocenters. The number of nitrogens with two attached hydrogens (primary N) is 1. The van der Waals surface area contributed by atoms with Crippen LogP contribution in [0.3, 0.4) is 0 Å². The van der Waals surface area contributed by atoms with Crippen LogP contribution in [0.1, 0.15) is 37.9 Å². The number of hydrogen-bond donors (Lipinski definition) is 1. The Morgan fingerprint density at radius 3 is 2.72 bits per heavy atom. The van der Waals surface area contributed by atoms with Crippen LogP contribution >= 0.6 is 0 Å². The van der Waals surface area contributed by atoms with E-state index in [2.05, 4.69) is 20.3 Å². The molecule has 2 heterocycles. The topological polar surface area (TPSA) is 90.7 Å². The molecule has 94 valence electrons. The Hall–Kier alpha value is -1.82. The fourth-order valence-corrected chi connectivity index (χ4v) is 2.37. The van der Waals surface area contributed by atoms with Gasteiger partial charge in [0.15, 0.2) is 5.82 Å². The second-order valence-corrected chi connectivity index (χ2v) is 4.77. The van der Waals surface area contributed by atoms with E-state index < -0.39 is 5.54 Å². The van der Waals surface area contributed by atoms with Gasteiger partial charge in [0.2, 0.25) is 0 Å². The van der Waals surface area contributed by atoms with Crippen molar-refractivity contribution in [3.8, 4) is 11.5 Å². The van der Waals surface area contributed by atoms with Crippen molar-refractivity contribution in [3.05, 3.63) is 24.3 Å². The Labute approximate surface area is 105 Å². The maximum atomic E-state index is 6.36. The molecule has 2 aromatic rings. The molecule has 1 aliphatic rings. The molecule has 0 aliphatic heterocycles. The van der Waals surface area contributed by atoms with Crippen LogP contribution in [0, 0.1) is 0 Å². The summed E-state index contributed by atoms with van der Waals surface area (Å²) in [4.78, 5) is 4.41. The van der Waals surface area contributed by atoms with Crippen molar-refractivity contribution in [2.45, 2.75) is 37.6 Å². The van der Waals surface area contributed by atoms with E-state index in [9.17, 15) is 0 Å². The van der Waals surface area contributed by atoms with Gasteiger partial charge in [-0.15, -0.1) is 0 Å². The quantitative estimate of drug-likeness (QED) is 0.864. The van der Waals surface area contributed by atoms with Crippen molar-refractivity contribution in [1.29, 1.82) is 0 Å². The van der Waals surface area contributed by atoms with Crippen molar-refractivity contribution in [2.24, 2.45) is 5.73 Å². The van der Waals surface area contributed by atoms with Gasteiger partial charge >= 0.3 is 0 Å². The summed E-state index contributed by atoms with van der Waals surface area (Å²) in [5, 5.41) is 11.5. The maximum Gasteiger partial charge on any atom is 0.259 e. The Morgan fingerprint density at radius 2 is 2.00 bits per heavy atom. The van der Waals surface area contributed by atoms with Crippen molar-refractivity contribution >= 4 is 0 Å². The Balaban J connectivity index is 1.89. The fourth-order valence-electron chi connectivity index (χ4n) is 2.37. The average molecular weight is 245 g/mol. The largest absolute Gasteiger partial charge is 0.334 e. The second-order valence-electron chi connectivity index (χ2n) is 4.77. The third-order valence-electron chi connectivity index (χ3n) is 3.45. The van der Waals surface area contributed by atoms with E-state index in [0.717, 1.165) is 31.2 Å². The average Bonchev–Trinajstić information content (AvgIpc) is 2.91. The predicted octanol–water partition coefficient (Wildman–Crippen LogP) is 1.64. The summed E-state index contributed by atoms with van der Waals surface area (Å²) in [6, 6.07) is 1.79. The van der Waals surface area contributed by atoms with E-state index in [4.69, 9.17) is 10.3 Å². The zero-order valence-corrected chi connectivity index (χ0v) is 10.0. The molecule has 18 heavy (non-hydrogen) atoms. The highest BCUT2D eigenvalue weighted by atomic mass is 16.5. The summed E-state index contributed by atoms with van der Waals surface area (Å²) in [6.07, 6.45) is 8.51. The summed E-state index contributed by atoms with van der Waals surface area (Å²) in [5.41, 5.74) is 6.70. The molecule has 6 nitrogen and oxygen atoms in total. The normalized spacial score (nSPS) is 18.7. The Kier molecular flexibility index (Phi) is 2.79. The first-order chi connectivity index (χ1) is 8.78. The van der Waals surface area contributed by atoms with Crippen LogP contribution < -0.4 is 5.73 Å². The van der Waals surface area contributed by atoms with E-state index in [1.165, 1.54) is 6.42 Å². The molecule has 0 aromatic carbocycles. The molecule has 2 aromatic heterocycles. The molecule has 1 aliphatic carbocycles. The van der Waals surface area contributed by atoms with Crippen molar-refractivity contribution < 1.29 is 4.52 Å². The molecule has 1 saturated carbocycles. The van der Waals surface area contributed by atoms with Crippen LogP contribution in [0.4, 0.5) is 0 Å². The summed E-state index contributed by atoms with van der Waals surface area (Å²) >= 11 is 0. The van der Waals surface area contributed by atoms with Gasteiger partial charge in [0.25, 0.3) is 5.89 Å². The molecule has 0 atom stereocenters. The van der Waals surface area contributed by atoms with Gasteiger partial charge in [-0.1, -0.05) is 24.4 Å². The van der Waals surface area contributed by atoms with Gasteiger partial charge in [-0.2, -0.15) is 15.2 Å². The lowest BCUT2D eigenvalue weighted by Gasteiger charge is -2.29. The number of hydrogen-bond acceptors (Lipinski definition) is 6. The molecule has 0 spiro atoms. The van der Waals surface area contributed by atoms with Crippen LogP contribution in [0.15, 0.2) is 23.0 Å². The zero-order valence-electron chi connectivity index (χ0n) is 10.0. The second kappa shape index (κ2) is 4.45. The minimum atomic E-state index is -0.430. The first-order valence-corrected chi connectivity index (χ1v) is 6.18. The Bertz CT molecular complexity index is 518. The van der Waals surface area contributed by atoms with E-state index in [0.29, 0.717) is 11.7 Å². The minimum Gasteiger partial charge on any atom is -0.334 e. The lowest BCUT2D eigenvalue weighted by atomic mass is 9.82. The van der Waals surface area contributed by atoms with Crippen LogP contribution in [0.25, 0.3) is 11.5 Å². The van der Waals surface area contributed by atoms with Crippen LogP contribution in [0.2, 0.25) is 0 Å². The molecule has 2 N–H and O–H groups in total. The maximum absolute atomic E-state index is 6.36. The van der Waals surface area contributed by atoms with Gasteiger partial charge in [-0.25, -0.2) is 0 Å². The van der Waals surface area contributed by atoms with Crippen molar-refractivity contribution in [2.75, 3.05) is 0 Å². The summed E-state index contributed by atoms with van der Waals surface area (Å²) in [7, 11) is 0. The highest BCUT2D eigenvalue weighted by molar-refractivity contribution is 5.49. The lowest BCUT2D eigenvalue weighted by molar-refractivity contribution is 0.275. The molecule has 3 rings (SSSR count).